The van der Waals surface area contributed by atoms with E-state index in [4.69, 9.17) is 0 Å². The number of hydrogen-bond acceptors (Lipinski definition) is 0. The molecule has 0 aliphatic carbocycles. The van der Waals surface area contributed by atoms with Crippen LogP contribution < -0.4 is 4.57 Å². The smallest absolute Gasteiger partial charge is 0.173 e. The summed E-state index contributed by atoms with van der Waals surface area (Å²) in [5, 5.41) is 0. The zero-order valence-corrected chi connectivity index (χ0v) is 14.6. The summed E-state index contributed by atoms with van der Waals surface area (Å²) in [5.41, 5.74) is 1.33. The van der Waals surface area contributed by atoms with Gasteiger partial charge < -0.3 is 0 Å². The van der Waals surface area contributed by atoms with Gasteiger partial charge in [-0.05, 0) is 0 Å². The largest absolute Gasteiger partial charge is 0.201 e. The summed E-state index contributed by atoms with van der Waals surface area (Å²) < 4.78 is 2.16. The minimum absolute atomic E-state index is 0. The number of nitrogens with zero attached hydrogens (tertiary/aromatic N) is 1. The van der Waals surface area contributed by atoms with Crippen LogP contribution in [-0.4, -0.2) is 24.4 Å². The van der Waals surface area contributed by atoms with E-state index in [-0.39, 0.29) is 52.7 Å². The molecule has 1 nitrogen and oxygen atoms in total. The molecule has 120 valence electrons. The van der Waals surface area contributed by atoms with Gasteiger partial charge in [0.15, 0.2) is 18.9 Å². The first kappa shape index (κ1) is 36.3. The van der Waals surface area contributed by atoms with Crippen molar-refractivity contribution in [2.45, 2.75) is 6.54 Å². The maximum atomic E-state index is 2.16. The molecular formula is C12H21F6NSb+. The minimum atomic E-state index is 0. The standard InChI is InChI=1S/C12H12N.6FH.Sb.3H/c1-3-7-12(8-4-1)11-13-9-5-2-6-10-13;;;;;;;;;;/h1-10H,11H2;6*1H;;;;/q+1;;;;;;;;;;. The van der Waals surface area contributed by atoms with Crippen LogP contribution in [0.3, 0.4) is 0 Å². The molecule has 8 heteroatoms. The molecule has 1 aromatic heterocycles. The summed E-state index contributed by atoms with van der Waals surface area (Å²) in [6, 6.07) is 16.6. The van der Waals surface area contributed by atoms with Crippen molar-refractivity contribution in [3.63, 3.8) is 0 Å². The monoisotopic (exact) mass is 414 g/mol. The van der Waals surface area contributed by atoms with E-state index in [1.807, 2.05) is 24.3 Å². The summed E-state index contributed by atoms with van der Waals surface area (Å²) in [5.74, 6) is 0. The molecule has 0 spiro atoms. The van der Waals surface area contributed by atoms with Gasteiger partial charge in [0, 0.05) is 17.7 Å². The molecule has 0 radical (unpaired) electrons. The van der Waals surface area contributed by atoms with Crippen LogP contribution in [0.4, 0.5) is 28.2 Å². The van der Waals surface area contributed by atoms with E-state index in [0.29, 0.717) is 0 Å². The van der Waals surface area contributed by atoms with Gasteiger partial charge in [0.05, 0.1) is 0 Å². The predicted molar refractivity (Wildman–Crippen MR) is 77.1 cm³/mol. The van der Waals surface area contributed by atoms with Gasteiger partial charge in [0.1, 0.15) is 0 Å². The third kappa shape index (κ3) is 11.8. The Morgan fingerprint density at radius 1 is 0.600 bits per heavy atom. The van der Waals surface area contributed by atoms with E-state index in [1.54, 1.807) is 0 Å². The van der Waals surface area contributed by atoms with Crippen LogP contribution in [0.1, 0.15) is 5.56 Å². The molecule has 0 saturated carbocycles. The second-order valence-corrected chi connectivity index (χ2v) is 3.03. The normalized spacial score (nSPS) is 6.40. The number of hydrogen-bond donors (Lipinski definition) is 0. The Morgan fingerprint density at radius 2 is 1.00 bits per heavy atom. The Labute approximate surface area is 130 Å². The SMILES string of the molecule is F.F.F.F.F.F.[SbH3].c1ccc(C[n+]2ccccc2)cc1. The van der Waals surface area contributed by atoms with Crippen molar-refractivity contribution >= 4 is 24.4 Å². The molecule has 0 bridgehead atoms. The van der Waals surface area contributed by atoms with Crippen LogP contribution >= 0.6 is 0 Å². The molecule has 0 amide bonds. The van der Waals surface area contributed by atoms with Gasteiger partial charge in [-0.2, -0.15) is 0 Å². The number of aromatic nitrogens is 1. The molecule has 0 fully saturated rings. The molecule has 0 unspecified atom stereocenters. The molecule has 20 heavy (non-hydrogen) atoms. The molecule has 1 heterocycles. The average Bonchev–Trinajstić information content (AvgIpc) is 2.21. The quantitative estimate of drug-likeness (QED) is 0.400. The molecule has 2 aromatic rings. The fraction of sp³-hybridized carbons (Fsp3) is 0.0833. The fourth-order valence-corrected chi connectivity index (χ4v) is 1.33. The van der Waals surface area contributed by atoms with E-state index >= 15 is 0 Å². The predicted octanol–water partition coefficient (Wildman–Crippen LogP) is 1.75. The Balaban J connectivity index is -0.0000000700. The summed E-state index contributed by atoms with van der Waals surface area (Å²) in [6.45, 7) is 0.946. The fourth-order valence-electron chi connectivity index (χ4n) is 1.33. The van der Waals surface area contributed by atoms with E-state index in [2.05, 4.69) is 41.2 Å². The van der Waals surface area contributed by atoms with Crippen molar-refractivity contribution in [2.24, 2.45) is 0 Å². The Kier molecular flexibility index (Phi) is 36.5. The van der Waals surface area contributed by atoms with Crippen LogP contribution in [-0.2, 0) is 6.54 Å². The van der Waals surface area contributed by atoms with Crippen molar-refractivity contribution in [2.75, 3.05) is 0 Å². The van der Waals surface area contributed by atoms with Crippen LogP contribution in [0, 0.1) is 0 Å². The Hall–Kier alpha value is -1.23. The Bertz CT molecular complexity index is 339. The van der Waals surface area contributed by atoms with Crippen molar-refractivity contribution in [3.05, 3.63) is 66.5 Å². The van der Waals surface area contributed by atoms with Gasteiger partial charge in [-0.15, -0.1) is 0 Å². The maximum absolute atomic E-state index is 2.16. The molecule has 0 atom stereocenters. The van der Waals surface area contributed by atoms with Crippen molar-refractivity contribution in [3.8, 4) is 0 Å². The third-order valence-electron chi connectivity index (χ3n) is 1.99. The molecule has 0 N–H and O–H groups in total. The summed E-state index contributed by atoms with van der Waals surface area (Å²) in [7, 11) is 0. The van der Waals surface area contributed by atoms with Gasteiger partial charge in [0.25, 0.3) is 0 Å². The minimum Gasteiger partial charge on any atom is -0.201 e. The van der Waals surface area contributed by atoms with E-state index < -0.39 is 0 Å². The van der Waals surface area contributed by atoms with Gasteiger partial charge >= 0.3 is 24.4 Å². The summed E-state index contributed by atoms with van der Waals surface area (Å²) in [6.07, 6.45) is 4.15. The van der Waals surface area contributed by atoms with Crippen molar-refractivity contribution in [1.29, 1.82) is 0 Å². The van der Waals surface area contributed by atoms with E-state index in [9.17, 15) is 0 Å². The number of benzene rings is 1. The third-order valence-corrected chi connectivity index (χ3v) is 1.99. The molecule has 0 aliphatic rings. The first-order chi connectivity index (χ1) is 6.45. The zero-order valence-electron chi connectivity index (χ0n) is 10.6. The topological polar surface area (TPSA) is 3.88 Å². The number of halogens is 6. The van der Waals surface area contributed by atoms with Crippen molar-refractivity contribution in [1.82, 2.24) is 0 Å². The second-order valence-electron chi connectivity index (χ2n) is 3.03. The van der Waals surface area contributed by atoms with Crippen LogP contribution in [0.15, 0.2) is 60.9 Å². The first-order valence-electron chi connectivity index (χ1n) is 4.43. The van der Waals surface area contributed by atoms with Crippen LogP contribution in [0.25, 0.3) is 0 Å². The summed E-state index contributed by atoms with van der Waals surface area (Å²) in [4.78, 5) is 0. The molecule has 0 saturated heterocycles. The van der Waals surface area contributed by atoms with Gasteiger partial charge in [-0.25, -0.2) is 4.57 Å². The second kappa shape index (κ2) is 20.1. The van der Waals surface area contributed by atoms with Crippen LogP contribution in [0.5, 0.6) is 0 Å². The summed E-state index contributed by atoms with van der Waals surface area (Å²) >= 11 is 0. The Morgan fingerprint density at radius 3 is 1.45 bits per heavy atom. The maximum Gasteiger partial charge on any atom is 0.173 e. The van der Waals surface area contributed by atoms with Crippen LogP contribution in [0.2, 0.25) is 0 Å². The van der Waals surface area contributed by atoms with E-state index in [0.717, 1.165) is 6.54 Å². The van der Waals surface area contributed by atoms with Crippen molar-refractivity contribution < 1.29 is 32.8 Å². The zero-order chi connectivity index (χ0) is 8.93. The van der Waals surface area contributed by atoms with Gasteiger partial charge in [-0.1, -0.05) is 36.4 Å². The van der Waals surface area contributed by atoms with E-state index in [1.165, 1.54) is 5.56 Å². The number of rotatable bonds is 2. The first-order valence-corrected chi connectivity index (χ1v) is 4.43. The van der Waals surface area contributed by atoms with Gasteiger partial charge in [-0.3, -0.25) is 28.2 Å². The average molecular weight is 415 g/mol. The molecular weight excluding hydrogens is 394 g/mol. The molecule has 0 aliphatic heterocycles. The molecule has 1 aromatic carbocycles. The van der Waals surface area contributed by atoms with Gasteiger partial charge in [0.2, 0.25) is 0 Å². The molecule has 2 rings (SSSR count). The number of pyridine rings is 1.